The fourth-order valence-electron chi connectivity index (χ4n) is 4.28. The topological polar surface area (TPSA) is 123 Å². The molecule has 35 heavy (non-hydrogen) atoms. The summed E-state index contributed by atoms with van der Waals surface area (Å²) in [5.41, 5.74) is 1.34. The number of hydrogen-bond acceptors (Lipinski definition) is 8. The number of fused-ring (bicyclic) bond motifs is 1. The van der Waals surface area contributed by atoms with Crippen LogP contribution in [0.5, 0.6) is 0 Å². The molecule has 2 atom stereocenters. The second kappa shape index (κ2) is 10.1. The molecule has 0 aliphatic carbocycles. The number of ketones is 1. The van der Waals surface area contributed by atoms with Gasteiger partial charge in [-0.3, -0.25) is 9.69 Å². The van der Waals surface area contributed by atoms with E-state index in [0.29, 0.717) is 6.54 Å². The maximum absolute atomic E-state index is 13.1. The van der Waals surface area contributed by atoms with Gasteiger partial charge < -0.3 is 10.1 Å². The lowest BCUT2D eigenvalue weighted by Crippen LogP contribution is -2.40. The van der Waals surface area contributed by atoms with Crippen LogP contribution in [0.4, 0.5) is 10.6 Å². The summed E-state index contributed by atoms with van der Waals surface area (Å²) >= 11 is 0. The number of nitrogens with zero attached hydrogens (tertiary/aromatic N) is 4. The Labute approximate surface area is 204 Å². The fourth-order valence-corrected chi connectivity index (χ4v) is 5.57. The molecule has 3 aromatic rings. The first-order chi connectivity index (χ1) is 16.8. The number of anilines is 1. The van der Waals surface area contributed by atoms with Gasteiger partial charge in [-0.1, -0.05) is 31.0 Å². The number of rotatable bonds is 8. The summed E-state index contributed by atoms with van der Waals surface area (Å²) in [4.78, 5) is 35.8. The van der Waals surface area contributed by atoms with E-state index in [1.54, 1.807) is 19.1 Å². The normalized spacial score (nSPS) is 18.0. The van der Waals surface area contributed by atoms with Gasteiger partial charge in [-0.2, -0.15) is 0 Å². The molecule has 4 rings (SSSR count). The van der Waals surface area contributed by atoms with Gasteiger partial charge in [0.2, 0.25) is 0 Å². The predicted octanol–water partition coefficient (Wildman–Crippen LogP) is 2.75. The standard InChI is InChI=1S/C24H29N5O5S/c1-4-17-12-25-13-19(17)21(30)15-28(24(31)34-5-2)22-14-26-23-20(27-22)10-11-29(23)35(32,33)18-8-6-16(3)7-9-18/h6-11,14,17,19,25H,4-5,12-13,15H2,1-3H3/t17-,19+/m1/s1. The molecule has 11 heteroatoms. The highest BCUT2D eigenvalue weighted by Gasteiger charge is 2.34. The molecule has 1 amide bonds. The van der Waals surface area contributed by atoms with Gasteiger partial charge in [0, 0.05) is 18.7 Å². The molecule has 1 aromatic carbocycles. The van der Waals surface area contributed by atoms with E-state index in [4.69, 9.17) is 4.74 Å². The molecular formula is C24H29N5O5S. The van der Waals surface area contributed by atoms with Crippen molar-refractivity contribution in [1.29, 1.82) is 0 Å². The molecule has 1 fully saturated rings. The van der Waals surface area contributed by atoms with E-state index in [2.05, 4.69) is 15.3 Å². The molecule has 0 bridgehead atoms. The lowest BCUT2D eigenvalue weighted by atomic mass is 9.90. The highest BCUT2D eigenvalue weighted by atomic mass is 32.2. The van der Waals surface area contributed by atoms with Gasteiger partial charge in [0.1, 0.15) is 5.52 Å². The molecule has 0 spiro atoms. The molecule has 0 radical (unpaired) electrons. The average Bonchev–Trinajstić information content (AvgIpc) is 3.49. The average molecular weight is 500 g/mol. The zero-order valence-electron chi connectivity index (χ0n) is 20.0. The number of aryl methyl sites for hydroxylation is 1. The minimum atomic E-state index is -3.89. The fraction of sp³-hybridized carbons (Fsp3) is 0.417. The molecule has 1 saturated heterocycles. The van der Waals surface area contributed by atoms with Crippen molar-refractivity contribution in [2.45, 2.75) is 32.1 Å². The minimum absolute atomic E-state index is 0.0867. The van der Waals surface area contributed by atoms with Crippen molar-refractivity contribution in [3.63, 3.8) is 0 Å². The Bertz CT molecular complexity index is 1340. The van der Waals surface area contributed by atoms with Crippen LogP contribution in [0, 0.1) is 18.8 Å². The summed E-state index contributed by atoms with van der Waals surface area (Å²) in [6.45, 7) is 6.85. The van der Waals surface area contributed by atoms with Crippen LogP contribution < -0.4 is 10.2 Å². The summed E-state index contributed by atoms with van der Waals surface area (Å²) < 4.78 is 32.5. The number of benzene rings is 1. The van der Waals surface area contributed by atoms with Gasteiger partial charge in [0.05, 0.1) is 24.2 Å². The van der Waals surface area contributed by atoms with E-state index in [1.807, 2.05) is 13.8 Å². The Morgan fingerprint density at radius 1 is 1.17 bits per heavy atom. The third-order valence-corrected chi connectivity index (χ3v) is 7.96. The lowest BCUT2D eigenvalue weighted by Gasteiger charge is -2.23. The molecule has 1 aliphatic rings. The maximum atomic E-state index is 13.1. The quantitative estimate of drug-likeness (QED) is 0.502. The Hall–Kier alpha value is -3.31. The third-order valence-electron chi connectivity index (χ3n) is 6.28. The van der Waals surface area contributed by atoms with Crippen LogP contribution >= 0.6 is 0 Å². The van der Waals surface area contributed by atoms with E-state index in [9.17, 15) is 18.0 Å². The van der Waals surface area contributed by atoms with Crippen molar-refractivity contribution in [2.75, 3.05) is 31.1 Å². The zero-order chi connectivity index (χ0) is 25.2. The monoisotopic (exact) mass is 499 g/mol. The molecule has 0 unspecified atom stereocenters. The number of nitrogens with one attached hydrogen (secondary N) is 1. The van der Waals surface area contributed by atoms with Crippen molar-refractivity contribution < 1.29 is 22.7 Å². The van der Waals surface area contributed by atoms with Crippen molar-refractivity contribution in [3.05, 3.63) is 48.3 Å². The molecule has 1 aliphatic heterocycles. The van der Waals surface area contributed by atoms with Crippen molar-refractivity contribution in [1.82, 2.24) is 19.3 Å². The van der Waals surface area contributed by atoms with E-state index >= 15 is 0 Å². The first kappa shape index (κ1) is 24.8. The van der Waals surface area contributed by atoms with Crippen molar-refractivity contribution in [3.8, 4) is 0 Å². The Morgan fingerprint density at radius 2 is 1.91 bits per heavy atom. The van der Waals surface area contributed by atoms with Crippen LogP contribution in [0.15, 0.2) is 47.6 Å². The summed E-state index contributed by atoms with van der Waals surface area (Å²) in [7, 11) is -3.89. The van der Waals surface area contributed by atoms with Gasteiger partial charge >= 0.3 is 6.09 Å². The van der Waals surface area contributed by atoms with Crippen LogP contribution in [-0.4, -0.2) is 60.5 Å². The summed E-state index contributed by atoms with van der Waals surface area (Å²) in [5, 5.41) is 3.24. The Balaban J connectivity index is 1.66. The van der Waals surface area contributed by atoms with Gasteiger partial charge in [0.15, 0.2) is 17.2 Å². The number of hydrogen-bond donors (Lipinski definition) is 1. The first-order valence-electron chi connectivity index (χ1n) is 11.6. The third kappa shape index (κ3) is 4.92. The zero-order valence-corrected chi connectivity index (χ0v) is 20.8. The highest BCUT2D eigenvalue weighted by Crippen LogP contribution is 2.25. The van der Waals surface area contributed by atoms with Crippen LogP contribution in [0.1, 0.15) is 25.8 Å². The first-order valence-corrected chi connectivity index (χ1v) is 13.0. The number of aromatic nitrogens is 3. The minimum Gasteiger partial charge on any atom is -0.449 e. The smallest absolute Gasteiger partial charge is 0.415 e. The molecule has 0 saturated carbocycles. The lowest BCUT2D eigenvalue weighted by molar-refractivity contribution is -0.122. The molecular weight excluding hydrogens is 470 g/mol. The van der Waals surface area contributed by atoms with Crippen molar-refractivity contribution in [2.24, 2.45) is 11.8 Å². The van der Waals surface area contributed by atoms with Gasteiger partial charge in [-0.15, -0.1) is 0 Å². The van der Waals surface area contributed by atoms with Gasteiger partial charge in [-0.25, -0.2) is 27.2 Å². The van der Waals surface area contributed by atoms with Crippen LogP contribution in [0.3, 0.4) is 0 Å². The van der Waals surface area contributed by atoms with Crippen LogP contribution in [0.2, 0.25) is 0 Å². The Morgan fingerprint density at radius 3 is 2.60 bits per heavy atom. The van der Waals surface area contributed by atoms with E-state index in [-0.39, 0.29) is 52.6 Å². The highest BCUT2D eigenvalue weighted by molar-refractivity contribution is 7.90. The summed E-state index contributed by atoms with van der Waals surface area (Å²) in [5.74, 6) is 0.0422. The summed E-state index contributed by atoms with van der Waals surface area (Å²) in [6, 6.07) is 8.03. The number of amides is 1. The number of carbonyl (C=O) groups is 2. The molecule has 3 heterocycles. The number of carbonyl (C=O) groups excluding carboxylic acids is 2. The van der Waals surface area contributed by atoms with Gasteiger partial charge in [-0.05, 0) is 44.5 Å². The largest absolute Gasteiger partial charge is 0.449 e. The second-order valence-corrected chi connectivity index (χ2v) is 10.4. The maximum Gasteiger partial charge on any atom is 0.415 e. The predicted molar refractivity (Wildman–Crippen MR) is 131 cm³/mol. The van der Waals surface area contributed by atoms with E-state index in [1.165, 1.54) is 30.6 Å². The molecule has 2 aromatic heterocycles. The molecule has 10 nitrogen and oxygen atoms in total. The molecule has 186 valence electrons. The van der Waals surface area contributed by atoms with Crippen molar-refractivity contribution >= 4 is 38.9 Å². The number of Topliss-reactive ketones (excluding diaryl/α,β-unsaturated/α-hetero) is 1. The SMILES string of the molecule is CCOC(=O)N(CC(=O)[C@H]1CNC[C@H]1CC)c1cnc2c(ccn2S(=O)(=O)c2ccc(C)cc2)n1. The summed E-state index contributed by atoms with van der Waals surface area (Å²) in [6.07, 6.45) is 2.81. The van der Waals surface area contributed by atoms with E-state index < -0.39 is 16.1 Å². The number of ether oxygens (including phenoxy) is 1. The molecule has 1 N–H and O–H groups in total. The van der Waals surface area contributed by atoms with Gasteiger partial charge in [0.25, 0.3) is 10.0 Å². The van der Waals surface area contributed by atoms with Crippen LogP contribution in [0.25, 0.3) is 11.2 Å². The Kier molecular flexibility index (Phi) is 7.18. The van der Waals surface area contributed by atoms with Crippen LogP contribution in [-0.2, 0) is 19.6 Å². The van der Waals surface area contributed by atoms with E-state index in [0.717, 1.165) is 27.4 Å². The second-order valence-electron chi connectivity index (χ2n) is 8.55.